The molecule has 0 radical (unpaired) electrons. The van der Waals surface area contributed by atoms with Crippen molar-refractivity contribution in [1.82, 2.24) is 14.7 Å². The number of nitrogens with zero attached hydrogens (tertiary/aromatic N) is 3. The predicted octanol–water partition coefficient (Wildman–Crippen LogP) is 3.28. The topological polar surface area (TPSA) is 70.2 Å². The third kappa shape index (κ3) is 5.24. The average molecular weight is 442 g/mol. The lowest BCUT2D eigenvalue weighted by Crippen LogP contribution is -2.46. The Kier molecular flexibility index (Phi) is 6.97. The van der Waals surface area contributed by atoms with Gasteiger partial charge in [0.2, 0.25) is 5.91 Å². The fraction of sp³-hybridized carbons (Fsp3) is 0.261. The molecular formula is C23H24ClN3O4. The molecule has 1 fully saturated rings. The molecule has 0 unspecified atom stereocenters. The van der Waals surface area contributed by atoms with Gasteiger partial charge in [0.05, 0.1) is 13.7 Å². The number of carbonyl (C=O) groups excluding carboxylic acids is 3. The molecule has 1 aliphatic heterocycles. The van der Waals surface area contributed by atoms with Gasteiger partial charge in [-0.3, -0.25) is 14.5 Å². The Morgan fingerprint density at radius 1 is 1.16 bits per heavy atom. The zero-order valence-electron chi connectivity index (χ0n) is 17.7. The van der Waals surface area contributed by atoms with Crippen LogP contribution in [0, 0.1) is 0 Å². The van der Waals surface area contributed by atoms with E-state index < -0.39 is 11.9 Å². The van der Waals surface area contributed by atoms with Crippen LogP contribution in [0.4, 0.5) is 4.79 Å². The van der Waals surface area contributed by atoms with E-state index in [4.69, 9.17) is 16.3 Å². The van der Waals surface area contributed by atoms with Gasteiger partial charge in [0, 0.05) is 36.8 Å². The largest absolute Gasteiger partial charge is 0.496 e. The molecule has 1 saturated heterocycles. The van der Waals surface area contributed by atoms with Crippen LogP contribution in [0.1, 0.15) is 11.1 Å². The minimum Gasteiger partial charge on any atom is -0.496 e. The fourth-order valence-electron chi connectivity index (χ4n) is 3.31. The molecule has 4 amide bonds. The number of benzene rings is 2. The Hall–Kier alpha value is -3.32. The van der Waals surface area contributed by atoms with Crippen molar-refractivity contribution in [2.75, 3.05) is 34.3 Å². The molecule has 0 bridgehead atoms. The maximum Gasteiger partial charge on any atom is 0.327 e. The van der Waals surface area contributed by atoms with Gasteiger partial charge in [0.15, 0.2) is 0 Å². The summed E-state index contributed by atoms with van der Waals surface area (Å²) < 4.78 is 5.35. The SMILES string of the molecule is COc1ccc(Cl)cc1C=C1CN(C)C(=O)CN(C(=O)N(C)Cc2ccccc2)C1=O. The van der Waals surface area contributed by atoms with Crippen LogP contribution in [0.2, 0.25) is 5.02 Å². The van der Waals surface area contributed by atoms with E-state index in [1.807, 2.05) is 30.3 Å². The summed E-state index contributed by atoms with van der Waals surface area (Å²) in [5.74, 6) is -0.317. The molecule has 3 rings (SSSR count). The van der Waals surface area contributed by atoms with Gasteiger partial charge in [-0.2, -0.15) is 0 Å². The van der Waals surface area contributed by atoms with Crippen LogP contribution in [0.3, 0.4) is 0 Å². The highest BCUT2D eigenvalue weighted by Crippen LogP contribution is 2.26. The molecule has 162 valence electrons. The van der Waals surface area contributed by atoms with Crippen LogP contribution in [0.5, 0.6) is 5.75 Å². The van der Waals surface area contributed by atoms with E-state index in [0.29, 0.717) is 22.9 Å². The minimum atomic E-state index is -0.540. The molecule has 2 aromatic carbocycles. The summed E-state index contributed by atoms with van der Waals surface area (Å²) in [6.07, 6.45) is 1.61. The van der Waals surface area contributed by atoms with Gasteiger partial charge in [0.25, 0.3) is 5.91 Å². The normalized spacial score (nSPS) is 15.8. The smallest absolute Gasteiger partial charge is 0.327 e. The molecule has 1 aliphatic rings. The van der Waals surface area contributed by atoms with Gasteiger partial charge in [-0.1, -0.05) is 41.9 Å². The highest BCUT2D eigenvalue weighted by molar-refractivity contribution is 6.30. The second-order valence-corrected chi connectivity index (χ2v) is 7.76. The number of methoxy groups -OCH3 is 1. The number of urea groups is 1. The zero-order valence-corrected chi connectivity index (χ0v) is 18.4. The molecule has 0 aliphatic carbocycles. The maximum atomic E-state index is 13.3. The third-order valence-corrected chi connectivity index (χ3v) is 5.22. The van der Waals surface area contributed by atoms with Crippen LogP contribution in [0.15, 0.2) is 54.1 Å². The number of hydrogen-bond acceptors (Lipinski definition) is 4. The molecule has 2 aromatic rings. The molecule has 0 aromatic heterocycles. The molecule has 0 saturated carbocycles. The van der Waals surface area contributed by atoms with E-state index in [0.717, 1.165) is 10.5 Å². The zero-order chi connectivity index (χ0) is 22.5. The van der Waals surface area contributed by atoms with Crippen LogP contribution < -0.4 is 4.74 Å². The highest BCUT2D eigenvalue weighted by Gasteiger charge is 2.34. The van der Waals surface area contributed by atoms with Crippen molar-refractivity contribution in [2.45, 2.75) is 6.54 Å². The molecule has 1 heterocycles. The molecule has 31 heavy (non-hydrogen) atoms. The van der Waals surface area contributed by atoms with E-state index in [1.54, 1.807) is 38.4 Å². The van der Waals surface area contributed by atoms with E-state index in [2.05, 4.69) is 0 Å². The van der Waals surface area contributed by atoms with Gasteiger partial charge in [-0.15, -0.1) is 0 Å². The minimum absolute atomic E-state index is 0.0690. The monoisotopic (exact) mass is 441 g/mol. The number of hydrogen-bond donors (Lipinski definition) is 0. The van der Waals surface area contributed by atoms with E-state index >= 15 is 0 Å². The van der Waals surface area contributed by atoms with Gasteiger partial charge in [-0.25, -0.2) is 4.79 Å². The first-order chi connectivity index (χ1) is 14.8. The van der Waals surface area contributed by atoms with Crippen molar-refractivity contribution < 1.29 is 19.1 Å². The summed E-state index contributed by atoms with van der Waals surface area (Å²) >= 11 is 6.10. The van der Waals surface area contributed by atoms with Crippen molar-refractivity contribution in [1.29, 1.82) is 0 Å². The fourth-order valence-corrected chi connectivity index (χ4v) is 3.49. The number of carbonyl (C=O) groups is 3. The summed E-state index contributed by atoms with van der Waals surface area (Å²) in [4.78, 5) is 42.7. The van der Waals surface area contributed by atoms with Crippen molar-refractivity contribution >= 4 is 35.5 Å². The van der Waals surface area contributed by atoms with Gasteiger partial charge >= 0.3 is 6.03 Å². The maximum absolute atomic E-state index is 13.3. The number of likely N-dealkylation sites (N-methyl/N-ethyl adjacent to an activating group) is 1. The van der Waals surface area contributed by atoms with Crippen molar-refractivity contribution in [2.24, 2.45) is 0 Å². The van der Waals surface area contributed by atoms with Crippen LogP contribution in [0.25, 0.3) is 6.08 Å². The predicted molar refractivity (Wildman–Crippen MR) is 119 cm³/mol. The summed E-state index contributed by atoms with van der Waals surface area (Å²) in [7, 11) is 4.72. The number of halogens is 1. The summed E-state index contributed by atoms with van der Waals surface area (Å²) in [5, 5.41) is 0.480. The van der Waals surface area contributed by atoms with Crippen LogP contribution >= 0.6 is 11.6 Å². The van der Waals surface area contributed by atoms with E-state index in [1.165, 1.54) is 16.9 Å². The number of rotatable bonds is 4. The Morgan fingerprint density at radius 2 is 1.87 bits per heavy atom. The number of amides is 4. The highest BCUT2D eigenvalue weighted by atomic mass is 35.5. The first-order valence-corrected chi connectivity index (χ1v) is 10.1. The summed E-state index contributed by atoms with van der Waals surface area (Å²) in [6.45, 7) is 0.0610. The van der Waals surface area contributed by atoms with E-state index in [9.17, 15) is 14.4 Å². The second kappa shape index (κ2) is 9.66. The number of imide groups is 1. The standard InChI is InChI=1S/C23H24ClN3O4/c1-25-14-18(11-17-12-19(24)9-10-20(17)31-3)22(29)27(15-21(25)28)23(30)26(2)13-16-7-5-4-6-8-16/h4-12H,13-15H2,1-3H3. The Balaban J connectivity index is 1.92. The van der Waals surface area contributed by atoms with Gasteiger partial charge < -0.3 is 14.5 Å². The first kappa shape index (κ1) is 22.4. The van der Waals surface area contributed by atoms with Crippen molar-refractivity contribution in [3.63, 3.8) is 0 Å². The van der Waals surface area contributed by atoms with Crippen molar-refractivity contribution in [3.05, 3.63) is 70.3 Å². The molecule has 0 N–H and O–H groups in total. The second-order valence-electron chi connectivity index (χ2n) is 7.32. The Morgan fingerprint density at radius 3 is 2.55 bits per heavy atom. The Bertz CT molecular complexity index is 1020. The average Bonchev–Trinajstić information content (AvgIpc) is 2.86. The third-order valence-electron chi connectivity index (χ3n) is 4.99. The van der Waals surface area contributed by atoms with Crippen LogP contribution in [-0.2, 0) is 16.1 Å². The lowest BCUT2D eigenvalue weighted by Gasteiger charge is -2.25. The number of ether oxygens (including phenoxy) is 1. The quantitative estimate of drug-likeness (QED) is 0.683. The first-order valence-electron chi connectivity index (χ1n) is 9.69. The van der Waals surface area contributed by atoms with E-state index in [-0.39, 0.29) is 24.6 Å². The van der Waals surface area contributed by atoms with Crippen molar-refractivity contribution in [3.8, 4) is 5.75 Å². The van der Waals surface area contributed by atoms with Crippen LogP contribution in [-0.4, -0.2) is 66.8 Å². The lowest BCUT2D eigenvalue weighted by molar-refractivity contribution is -0.133. The summed E-state index contributed by atoms with van der Waals surface area (Å²) in [6, 6.07) is 13.9. The molecule has 0 spiro atoms. The van der Waals surface area contributed by atoms with Gasteiger partial charge in [-0.05, 0) is 29.8 Å². The molecular weight excluding hydrogens is 418 g/mol. The van der Waals surface area contributed by atoms with Gasteiger partial charge in [0.1, 0.15) is 12.3 Å². The molecule has 7 nitrogen and oxygen atoms in total. The lowest BCUT2D eigenvalue weighted by atomic mass is 10.1. The Labute approximate surface area is 186 Å². The molecule has 8 heteroatoms. The molecule has 0 atom stereocenters. The summed E-state index contributed by atoms with van der Waals surface area (Å²) in [5.41, 5.74) is 1.80.